The van der Waals surface area contributed by atoms with Crippen molar-refractivity contribution < 1.29 is 9.53 Å². The third-order valence-electron chi connectivity index (χ3n) is 3.30. The topological polar surface area (TPSA) is 52.3 Å². The Morgan fingerprint density at radius 1 is 1.25 bits per heavy atom. The summed E-state index contributed by atoms with van der Waals surface area (Å²) in [5, 5.41) is 0.573. The number of ketones is 1. The third-order valence-corrected chi connectivity index (χ3v) is 3.88. The van der Waals surface area contributed by atoms with Gasteiger partial charge >= 0.3 is 0 Å². The third kappa shape index (κ3) is 2.37. The quantitative estimate of drug-likeness (QED) is 0.691. The van der Waals surface area contributed by atoms with Crippen LogP contribution in [0.25, 0.3) is 0 Å². The molecule has 0 heterocycles. The number of ether oxygens (including phenoxy) is 1. The van der Waals surface area contributed by atoms with E-state index in [-0.39, 0.29) is 5.78 Å². The summed E-state index contributed by atoms with van der Waals surface area (Å²) >= 11 is 6.24. The van der Waals surface area contributed by atoms with Crippen molar-refractivity contribution in [2.75, 3.05) is 12.8 Å². The number of halogens is 1. The second kappa shape index (κ2) is 5.55. The number of hydrogen-bond donors (Lipinski definition) is 1. The van der Waals surface area contributed by atoms with E-state index >= 15 is 0 Å². The van der Waals surface area contributed by atoms with Crippen molar-refractivity contribution in [2.24, 2.45) is 0 Å². The van der Waals surface area contributed by atoms with Crippen molar-refractivity contribution >= 4 is 23.1 Å². The van der Waals surface area contributed by atoms with E-state index in [0.717, 1.165) is 5.56 Å². The number of nitrogen functional groups attached to an aromatic ring is 1. The number of aryl methyl sites for hydroxylation is 1. The van der Waals surface area contributed by atoms with E-state index in [1.165, 1.54) is 7.11 Å². The molecule has 2 aromatic rings. The minimum Gasteiger partial charge on any atom is -0.496 e. The Balaban J connectivity index is 2.67. The maximum absolute atomic E-state index is 12.7. The molecular weight excluding hydrogens is 274 g/mol. The van der Waals surface area contributed by atoms with E-state index < -0.39 is 0 Å². The predicted octanol–water partition coefficient (Wildman–Crippen LogP) is 3.78. The molecule has 0 amide bonds. The summed E-state index contributed by atoms with van der Waals surface area (Å²) in [5.41, 5.74) is 8.81. The number of benzene rings is 2. The second-order valence-electron chi connectivity index (χ2n) is 4.63. The molecule has 4 heteroatoms. The average molecular weight is 290 g/mol. The molecule has 2 rings (SSSR count). The van der Waals surface area contributed by atoms with Gasteiger partial charge in [-0.25, -0.2) is 0 Å². The molecule has 0 atom stereocenters. The van der Waals surface area contributed by atoms with Crippen LogP contribution in [-0.4, -0.2) is 12.9 Å². The fourth-order valence-corrected chi connectivity index (χ4v) is 2.35. The van der Waals surface area contributed by atoms with Gasteiger partial charge in [-0.15, -0.1) is 0 Å². The lowest BCUT2D eigenvalue weighted by Gasteiger charge is -2.15. The first kappa shape index (κ1) is 14.4. The molecule has 0 aromatic heterocycles. The van der Waals surface area contributed by atoms with Crippen LogP contribution in [0.2, 0.25) is 5.02 Å². The molecule has 0 bridgehead atoms. The first-order valence-electron chi connectivity index (χ1n) is 6.20. The van der Waals surface area contributed by atoms with Crippen LogP contribution >= 0.6 is 11.6 Å². The van der Waals surface area contributed by atoms with Crippen LogP contribution in [0.5, 0.6) is 5.75 Å². The smallest absolute Gasteiger partial charge is 0.199 e. The first-order chi connectivity index (χ1) is 9.47. The van der Waals surface area contributed by atoms with Gasteiger partial charge in [-0.2, -0.15) is 0 Å². The molecule has 0 radical (unpaired) electrons. The Kier molecular flexibility index (Phi) is 4.00. The SMILES string of the molecule is COc1cc(C)c(Cl)c(C)c1C(=O)c1ccccc1N. The van der Waals surface area contributed by atoms with E-state index in [2.05, 4.69) is 0 Å². The second-order valence-corrected chi connectivity index (χ2v) is 5.00. The number of para-hydroxylation sites is 1. The largest absolute Gasteiger partial charge is 0.496 e. The Morgan fingerprint density at radius 2 is 1.90 bits per heavy atom. The molecule has 0 unspecified atom stereocenters. The summed E-state index contributed by atoms with van der Waals surface area (Å²) in [6.07, 6.45) is 0. The normalized spacial score (nSPS) is 10.4. The monoisotopic (exact) mass is 289 g/mol. The van der Waals surface area contributed by atoms with Gasteiger partial charge < -0.3 is 10.5 Å². The minimum atomic E-state index is -0.181. The van der Waals surface area contributed by atoms with Crippen molar-refractivity contribution in [2.45, 2.75) is 13.8 Å². The van der Waals surface area contributed by atoms with Gasteiger partial charge in [0.2, 0.25) is 0 Å². The minimum absolute atomic E-state index is 0.181. The molecule has 20 heavy (non-hydrogen) atoms. The lowest BCUT2D eigenvalue weighted by Crippen LogP contribution is -2.09. The zero-order valence-corrected chi connectivity index (χ0v) is 12.4. The van der Waals surface area contributed by atoms with Crippen molar-refractivity contribution in [3.05, 3.63) is 57.6 Å². The van der Waals surface area contributed by atoms with Crippen molar-refractivity contribution in [1.29, 1.82) is 0 Å². The van der Waals surface area contributed by atoms with Gasteiger partial charge in [-0.3, -0.25) is 4.79 Å². The molecule has 0 saturated heterocycles. The summed E-state index contributed by atoms with van der Waals surface area (Å²) in [5.74, 6) is 0.331. The van der Waals surface area contributed by atoms with Crippen molar-refractivity contribution in [1.82, 2.24) is 0 Å². The van der Waals surface area contributed by atoms with Gasteiger partial charge in [0.1, 0.15) is 5.75 Å². The van der Waals surface area contributed by atoms with Gasteiger partial charge in [0.25, 0.3) is 0 Å². The standard InChI is InChI=1S/C16H16ClNO2/c1-9-8-13(20-3)14(10(2)15(9)17)16(19)11-6-4-5-7-12(11)18/h4-8H,18H2,1-3H3. The molecule has 0 spiro atoms. The summed E-state index contributed by atoms with van der Waals surface area (Å²) in [4.78, 5) is 12.7. The maximum atomic E-state index is 12.7. The highest BCUT2D eigenvalue weighted by atomic mass is 35.5. The van der Waals surface area contributed by atoms with Gasteiger partial charge in [0, 0.05) is 16.3 Å². The van der Waals surface area contributed by atoms with Crippen molar-refractivity contribution in [3.63, 3.8) is 0 Å². The van der Waals surface area contributed by atoms with Crippen LogP contribution in [0.4, 0.5) is 5.69 Å². The summed E-state index contributed by atoms with van der Waals surface area (Å²) in [7, 11) is 1.53. The summed E-state index contributed by atoms with van der Waals surface area (Å²) in [6, 6.07) is 8.73. The highest BCUT2D eigenvalue weighted by molar-refractivity contribution is 6.33. The number of methoxy groups -OCH3 is 1. The molecule has 0 saturated carbocycles. The molecular formula is C16H16ClNO2. The summed E-state index contributed by atoms with van der Waals surface area (Å²) < 4.78 is 5.32. The van der Waals surface area contributed by atoms with Gasteiger partial charge in [0.15, 0.2) is 5.78 Å². The maximum Gasteiger partial charge on any atom is 0.199 e. The number of carbonyl (C=O) groups excluding carboxylic acids is 1. The molecule has 0 fully saturated rings. The van der Waals surface area contributed by atoms with Crippen LogP contribution in [0.15, 0.2) is 30.3 Å². The van der Waals surface area contributed by atoms with E-state index in [1.54, 1.807) is 30.3 Å². The lowest BCUT2D eigenvalue weighted by molar-refractivity contribution is 0.103. The van der Waals surface area contributed by atoms with Crippen LogP contribution in [0, 0.1) is 13.8 Å². The summed E-state index contributed by atoms with van der Waals surface area (Å²) in [6.45, 7) is 3.69. The van der Waals surface area contributed by atoms with Crippen LogP contribution in [-0.2, 0) is 0 Å². The van der Waals surface area contributed by atoms with Gasteiger partial charge in [0.05, 0.1) is 12.7 Å². The van der Waals surface area contributed by atoms with E-state index in [9.17, 15) is 4.79 Å². The number of hydrogen-bond acceptors (Lipinski definition) is 3. The molecule has 2 N–H and O–H groups in total. The fourth-order valence-electron chi connectivity index (χ4n) is 2.20. The van der Waals surface area contributed by atoms with E-state index in [1.807, 2.05) is 13.8 Å². The van der Waals surface area contributed by atoms with Crippen LogP contribution in [0.3, 0.4) is 0 Å². The molecule has 0 aliphatic carbocycles. The van der Waals surface area contributed by atoms with Crippen molar-refractivity contribution in [3.8, 4) is 5.75 Å². The molecule has 3 nitrogen and oxygen atoms in total. The first-order valence-corrected chi connectivity index (χ1v) is 6.58. The van der Waals surface area contributed by atoms with Gasteiger partial charge in [-0.1, -0.05) is 23.7 Å². The molecule has 0 aliphatic heterocycles. The number of anilines is 1. The van der Waals surface area contributed by atoms with Crippen LogP contribution in [0.1, 0.15) is 27.0 Å². The predicted molar refractivity (Wildman–Crippen MR) is 81.8 cm³/mol. The lowest BCUT2D eigenvalue weighted by atomic mass is 9.95. The van der Waals surface area contributed by atoms with Crippen LogP contribution < -0.4 is 10.5 Å². The zero-order valence-electron chi connectivity index (χ0n) is 11.7. The Labute approximate surface area is 123 Å². The highest BCUT2D eigenvalue weighted by Gasteiger charge is 2.21. The number of carbonyl (C=O) groups is 1. The molecule has 104 valence electrons. The number of nitrogens with two attached hydrogens (primary N) is 1. The Morgan fingerprint density at radius 3 is 2.50 bits per heavy atom. The average Bonchev–Trinajstić information content (AvgIpc) is 2.44. The zero-order chi connectivity index (χ0) is 14.9. The number of rotatable bonds is 3. The highest BCUT2D eigenvalue weighted by Crippen LogP contribution is 2.33. The Bertz CT molecular complexity index is 680. The molecule has 0 aliphatic rings. The van der Waals surface area contributed by atoms with Gasteiger partial charge in [-0.05, 0) is 43.2 Å². The Hall–Kier alpha value is -2.00. The fraction of sp³-hybridized carbons (Fsp3) is 0.188. The van der Waals surface area contributed by atoms with E-state index in [4.69, 9.17) is 22.1 Å². The molecule has 2 aromatic carbocycles. The van der Waals surface area contributed by atoms with E-state index in [0.29, 0.717) is 33.1 Å².